The fourth-order valence-corrected chi connectivity index (χ4v) is 3.69. The Balaban J connectivity index is 1.52. The van der Waals surface area contributed by atoms with E-state index in [2.05, 4.69) is 38.6 Å². The molecule has 0 saturated heterocycles. The summed E-state index contributed by atoms with van der Waals surface area (Å²) in [7, 11) is 1.71. The zero-order chi connectivity index (χ0) is 19.8. The molecule has 4 rings (SSSR count). The van der Waals surface area contributed by atoms with Gasteiger partial charge in [0.15, 0.2) is 10.8 Å². The van der Waals surface area contributed by atoms with Gasteiger partial charge in [0.1, 0.15) is 18.3 Å². The van der Waals surface area contributed by atoms with Crippen molar-refractivity contribution < 1.29 is 4.79 Å². The van der Waals surface area contributed by atoms with Crippen LogP contribution in [0, 0.1) is 13.8 Å². The van der Waals surface area contributed by atoms with E-state index in [-0.39, 0.29) is 18.0 Å². The average molecular weight is 394 g/mol. The van der Waals surface area contributed by atoms with Crippen molar-refractivity contribution in [2.45, 2.75) is 20.4 Å². The molecule has 0 atom stereocenters. The Morgan fingerprint density at radius 3 is 2.93 bits per heavy atom. The van der Waals surface area contributed by atoms with Crippen molar-refractivity contribution in [3.05, 3.63) is 57.6 Å². The van der Waals surface area contributed by atoms with Crippen LogP contribution in [0.3, 0.4) is 0 Å². The molecule has 0 unspecified atom stereocenters. The minimum absolute atomic E-state index is 0.144. The summed E-state index contributed by atoms with van der Waals surface area (Å²) < 4.78 is 2.78. The van der Waals surface area contributed by atoms with Crippen molar-refractivity contribution in [2.75, 3.05) is 5.32 Å². The zero-order valence-electron chi connectivity index (χ0n) is 15.6. The number of fused-ring (bicyclic) bond motifs is 1. The summed E-state index contributed by atoms with van der Waals surface area (Å²) in [5, 5.41) is 9.56. The molecular formula is C19H18N6O2S. The number of rotatable bonds is 4. The van der Waals surface area contributed by atoms with E-state index in [4.69, 9.17) is 0 Å². The van der Waals surface area contributed by atoms with Crippen LogP contribution in [0.15, 0.2) is 40.9 Å². The molecule has 3 aromatic heterocycles. The Hall–Kier alpha value is -3.33. The van der Waals surface area contributed by atoms with Crippen LogP contribution >= 0.6 is 11.3 Å². The van der Waals surface area contributed by atoms with E-state index in [0.29, 0.717) is 16.2 Å². The highest BCUT2D eigenvalue weighted by Gasteiger charge is 2.13. The van der Waals surface area contributed by atoms with Crippen LogP contribution in [0.5, 0.6) is 0 Å². The summed E-state index contributed by atoms with van der Waals surface area (Å²) in [5.74, 6) is -0.339. The van der Waals surface area contributed by atoms with Gasteiger partial charge in [0.05, 0.1) is 11.9 Å². The molecular weight excluding hydrogens is 376 g/mol. The van der Waals surface area contributed by atoms with Crippen molar-refractivity contribution in [1.29, 1.82) is 0 Å². The Morgan fingerprint density at radius 1 is 1.29 bits per heavy atom. The smallest absolute Gasteiger partial charge is 0.264 e. The highest BCUT2D eigenvalue weighted by molar-refractivity contribution is 7.14. The van der Waals surface area contributed by atoms with Gasteiger partial charge in [0, 0.05) is 18.0 Å². The third kappa shape index (κ3) is 3.31. The van der Waals surface area contributed by atoms with Crippen molar-refractivity contribution in [1.82, 2.24) is 24.3 Å². The van der Waals surface area contributed by atoms with Crippen LogP contribution in [0.4, 0.5) is 5.13 Å². The first-order valence-electron chi connectivity index (χ1n) is 8.62. The number of anilines is 1. The highest BCUT2D eigenvalue weighted by Crippen LogP contribution is 2.28. The van der Waals surface area contributed by atoms with E-state index in [1.807, 2.05) is 19.2 Å². The minimum atomic E-state index is -0.339. The van der Waals surface area contributed by atoms with Gasteiger partial charge in [0.25, 0.3) is 5.56 Å². The van der Waals surface area contributed by atoms with Gasteiger partial charge in [-0.15, -0.1) is 11.3 Å². The number of benzene rings is 1. The molecule has 9 heteroatoms. The van der Waals surface area contributed by atoms with Gasteiger partial charge in [-0.25, -0.2) is 9.97 Å². The number of hydrogen-bond acceptors (Lipinski definition) is 6. The standard InChI is InChI=1S/C19H18N6O2S/c1-11-4-5-12(2)13(6-11)15-9-28-19(22-15)23-16(26)8-25-10-20-17-14(18(25)27)7-21-24(17)3/h4-7,9-10H,8H2,1-3H3,(H,22,23,26). The van der Waals surface area contributed by atoms with Crippen LogP contribution in [-0.4, -0.2) is 30.2 Å². The first-order valence-corrected chi connectivity index (χ1v) is 9.50. The SMILES string of the molecule is Cc1ccc(C)c(-c2csc(NC(=O)Cn3cnc4c(cnn4C)c3=O)n2)c1. The molecule has 4 aromatic rings. The molecule has 1 N–H and O–H groups in total. The van der Waals surface area contributed by atoms with Crippen LogP contribution < -0.4 is 10.9 Å². The molecule has 142 valence electrons. The molecule has 0 aliphatic heterocycles. The number of thiazole rings is 1. The van der Waals surface area contributed by atoms with Gasteiger partial charge < -0.3 is 5.32 Å². The molecule has 0 fully saturated rings. The summed E-state index contributed by atoms with van der Waals surface area (Å²) in [5.41, 5.74) is 4.31. The number of aromatic nitrogens is 5. The summed E-state index contributed by atoms with van der Waals surface area (Å²) >= 11 is 1.35. The number of aryl methyl sites for hydroxylation is 3. The van der Waals surface area contributed by atoms with E-state index >= 15 is 0 Å². The monoisotopic (exact) mass is 394 g/mol. The average Bonchev–Trinajstić information content (AvgIpc) is 3.27. The lowest BCUT2D eigenvalue weighted by atomic mass is 10.0. The highest BCUT2D eigenvalue weighted by atomic mass is 32.1. The fraction of sp³-hybridized carbons (Fsp3) is 0.211. The molecule has 0 saturated carbocycles. The summed E-state index contributed by atoms with van der Waals surface area (Å²) in [6.45, 7) is 3.91. The topological polar surface area (TPSA) is 94.7 Å². The largest absolute Gasteiger partial charge is 0.300 e. The molecule has 0 spiro atoms. The molecule has 0 aliphatic carbocycles. The predicted octanol–water partition coefficient (Wildman–Crippen LogP) is 2.51. The van der Waals surface area contributed by atoms with Crippen LogP contribution in [0.1, 0.15) is 11.1 Å². The second-order valence-corrected chi connectivity index (χ2v) is 7.45. The van der Waals surface area contributed by atoms with Gasteiger partial charge >= 0.3 is 0 Å². The van der Waals surface area contributed by atoms with Crippen LogP contribution in [0.25, 0.3) is 22.3 Å². The van der Waals surface area contributed by atoms with Gasteiger partial charge in [0.2, 0.25) is 5.91 Å². The number of carbonyl (C=O) groups excluding carboxylic acids is 1. The fourth-order valence-electron chi connectivity index (χ4n) is 2.96. The molecule has 8 nitrogen and oxygen atoms in total. The number of carbonyl (C=O) groups is 1. The molecule has 0 radical (unpaired) electrons. The molecule has 3 heterocycles. The quantitative estimate of drug-likeness (QED) is 0.574. The number of amides is 1. The normalized spacial score (nSPS) is 11.1. The second kappa shape index (κ2) is 7.01. The van der Waals surface area contributed by atoms with E-state index in [1.165, 1.54) is 33.1 Å². The first-order chi connectivity index (χ1) is 13.4. The van der Waals surface area contributed by atoms with E-state index in [9.17, 15) is 9.59 Å². The summed E-state index contributed by atoms with van der Waals surface area (Å²) in [6, 6.07) is 6.18. The summed E-state index contributed by atoms with van der Waals surface area (Å²) in [4.78, 5) is 33.6. The van der Waals surface area contributed by atoms with E-state index < -0.39 is 0 Å². The second-order valence-electron chi connectivity index (χ2n) is 6.59. The Kier molecular flexibility index (Phi) is 4.52. The first kappa shape index (κ1) is 18.1. The number of nitrogens with one attached hydrogen (secondary N) is 1. The van der Waals surface area contributed by atoms with Crippen LogP contribution in [0.2, 0.25) is 0 Å². The Bertz CT molecular complexity index is 1250. The van der Waals surface area contributed by atoms with Crippen molar-refractivity contribution in [3.63, 3.8) is 0 Å². The van der Waals surface area contributed by atoms with E-state index in [1.54, 1.807) is 7.05 Å². The van der Waals surface area contributed by atoms with Gasteiger partial charge in [-0.3, -0.25) is 18.8 Å². The maximum absolute atomic E-state index is 12.5. The molecule has 0 bridgehead atoms. The van der Waals surface area contributed by atoms with Gasteiger partial charge in [-0.2, -0.15) is 5.10 Å². The van der Waals surface area contributed by atoms with Crippen molar-refractivity contribution >= 4 is 33.4 Å². The zero-order valence-corrected chi connectivity index (χ0v) is 16.4. The van der Waals surface area contributed by atoms with Gasteiger partial charge in [-0.05, 0) is 25.5 Å². The lowest BCUT2D eigenvalue weighted by Crippen LogP contribution is -2.27. The van der Waals surface area contributed by atoms with Crippen LogP contribution in [-0.2, 0) is 18.4 Å². The molecule has 0 aliphatic rings. The minimum Gasteiger partial charge on any atom is -0.300 e. The Labute approximate surface area is 164 Å². The maximum atomic E-state index is 12.5. The Morgan fingerprint density at radius 2 is 2.11 bits per heavy atom. The molecule has 1 aromatic carbocycles. The third-order valence-electron chi connectivity index (χ3n) is 4.45. The predicted molar refractivity (Wildman–Crippen MR) is 108 cm³/mol. The van der Waals surface area contributed by atoms with Crippen molar-refractivity contribution in [3.8, 4) is 11.3 Å². The third-order valence-corrected chi connectivity index (χ3v) is 5.21. The lowest BCUT2D eigenvalue weighted by molar-refractivity contribution is -0.116. The lowest BCUT2D eigenvalue weighted by Gasteiger charge is -2.05. The van der Waals surface area contributed by atoms with Crippen molar-refractivity contribution in [2.24, 2.45) is 7.05 Å². The van der Waals surface area contributed by atoms with E-state index in [0.717, 1.165) is 22.4 Å². The maximum Gasteiger partial charge on any atom is 0.264 e. The summed E-state index contributed by atoms with van der Waals surface area (Å²) in [6.07, 6.45) is 2.81. The van der Waals surface area contributed by atoms with Gasteiger partial charge in [-0.1, -0.05) is 17.7 Å². The molecule has 1 amide bonds. The molecule has 28 heavy (non-hydrogen) atoms. The number of nitrogens with zero attached hydrogens (tertiary/aromatic N) is 5. The number of hydrogen-bond donors (Lipinski definition) is 1.